The Labute approximate surface area is 109 Å². The molecule has 19 heavy (non-hydrogen) atoms. The zero-order valence-corrected chi connectivity index (χ0v) is 10.3. The Kier molecular flexibility index (Phi) is 5.39. The maximum absolute atomic E-state index is 11.3. The predicted molar refractivity (Wildman–Crippen MR) is 64.0 cm³/mol. The molecule has 0 aromatic carbocycles. The standard InChI is InChI=1S/C11H14N4O4/c1-7-12-5-4-8(14-7)6-13-11(19)15-9(16)2-3-10(17)18/h4-5H,2-3,6H2,1H3,(H,17,18)(H2,13,15,16,19). The Balaban J connectivity index is 2.31. The second kappa shape index (κ2) is 7.04. The number of nitrogens with one attached hydrogen (secondary N) is 2. The fraction of sp³-hybridized carbons (Fsp3) is 0.364. The van der Waals surface area contributed by atoms with Crippen LogP contribution >= 0.6 is 0 Å². The highest BCUT2D eigenvalue weighted by Crippen LogP contribution is 1.94. The number of hydrogen-bond acceptors (Lipinski definition) is 5. The molecule has 1 aromatic rings. The minimum absolute atomic E-state index is 0.154. The molecule has 102 valence electrons. The van der Waals surface area contributed by atoms with Gasteiger partial charge in [0.25, 0.3) is 0 Å². The molecule has 0 atom stereocenters. The van der Waals surface area contributed by atoms with Crippen molar-refractivity contribution in [2.24, 2.45) is 0 Å². The molecule has 0 aliphatic rings. The summed E-state index contributed by atoms with van der Waals surface area (Å²) in [6.45, 7) is 1.88. The third-order valence-corrected chi connectivity index (χ3v) is 2.08. The van der Waals surface area contributed by atoms with Crippen LogP contribution in [-0.4, -0.2) is 33.0 Å². The molecular weight excluding hydrogens is 252 g/mol. The van der Waals surface area contributed by atoms with E-state index in [1.807, 2.05) is 5.32 Å². The fourth-order valence-electron chi connectivity index (χ4n) is 1.23. The lowest BCUT2D eigenvalue weighted by atomic mass is 10.3. The summed E-state index contributed by atoms with van der Waals surface area (Å²) >= 11 is 0. The van der Waals surface area contributed by atoms with Crippen LogP contribution in [0.4, 0.5) is 4.79 Å². The van der Waals surface area contributed by atoms with Crippen LogP contribution in [0.5, 0.6) is 0 Å². The molecule has 0 unspecified atom stereocenters. The normalized spacial score (nSPS) is 9.74. The van der Waals surface area contributed by atoms with Crippen LogP contribution < -0.4 is 10.6 Å². The number of carboxylic acid groups (broad SMARTS) is 1. The van der Waals surface area contributed by atoms with Gasteiger partial charge in [-0.3, -0.25) is 14.9 Å². The quantitative estimate of drug-likeness (QED) is 0.688. The van der Waals surface area contributed by atoms with Crippen LogP contribution in [0.15, 0.2) is 12.3 Å². The molecule has 1 heterocycles. The molecule has 0 radical (unpaired) electrons. The summed E-state index contributed by atoms with van der Waals surface area (Å²) in [7, 11) is 0. The fourth-order valence-corrected chi connectivity index (χ4v) is 1.23. The number of carboxylic acids is 1. The molecule has 3 amide bonds. The zero-order valence-electron chi connectivity index (χ0n) is 10.3. The first-order valence-electron chi connectivity index (χ1n) is 5.55. The topological polar surface area (TPSA) is 121 Å². The zero-order chi connectivity index (χ0) is 14.3. The van der Waals surface area contributed by atoms with Gasteiger partial charge in [0.05, 0.1) is 18.7 Å². The molecule has 8 heteroatoms. The van der Waals surface area contributed by atoms with Crippen LogP contribution in [0.3, 0.4) is 0 Å². The summed E-state index contributed by atoms with van der Waals surface area (Å²) < 4.78 is 0. The van der Waals surface area contributed by atoms with E-state index in [0.29, 0.717) is 11.5 Å². The number of hydrogen-bond donors (Lipinski definition) is 3. The van der Waals surface area contributed by atoms with Gasteiger partial charge in [0, 0.05) is 12.6 Å². The SMILES string of the molecule is Cc1nccc(CNC(=O)NC(=O)CCC(=O)O)n1. The van der Waals surface area contributed by atoms with Crippen molar-refractivity contribution in [1.29, 1.82) is 0 Å². The lowest BCUT2D eigenvalue weighted by Gasteiger charge is -2.06. The van der Waals surface area contributed by atoms with Gasteiger partial charge >= 0.3 is 12.0 Å². The van der Waals surface area contributed by atoms with Crippen molar-refractivity contribution < 1.29 is 19.5 Å². The van der Waals surface area contributed by atoms with E-state index in [1.165, 1.54) is 0 Å². The van der Waals surface area contributed by atoms with Gasteiger partial charge in [-0.05, 0) is 13.0 Å². The smallest absolute Gasteiger partial charge is 0.321 e. The maximum atomic E-state index is 11.3. The number of aryl methyl sites for hydroxylation is 1. The van der Waals surface area contributed by atoms with Crippen molar-refractivity contribution >= 4 is 17.9 Å². The summed E-state index contributed by atoms with van der Waals surface area (Å²) in [6, 6.07) is 0.950. The van der Waals surface area contributed by atoms with Gasteiger partial charge in [-0.1, -0.05) is 0 Å². The number of imide groups is 1. The summed E-state index contributed by atoms with van der Waals surface area (Å²) in [5.74, 6) is -1.15. The van der Waals surface area contributed by atoms with Gasteiger partial charge < -0.3 is 10.4 Å². The van der Waals surface area contributed by atoms with Crippen LogP contribution in [0.25, 0.3) is 0 Å². The number of nitrogens with zero attached hydrogens (tertiary/aromatic N) is 2. The summed E-state index contributed by atoms with van der Waals surface area (Å²) in [4.78, 5) is 40.7. The number of urea groups is 1. The average Bonchev–Trinajstić information content (AvgIpc) is 2.34. The van der Waals surface area contributed by atoms with Crippen molar-refractivity contribution in [3.05, 3.63) is 23.8 Å². The Morgan fingerprint density at radius 1 is 1.32 bits per heavy atom. The van der Waals surface area contributed by atoms with E-state index in [2.05, 4.69) is 15.3 Å². The Morgan fingerprint density at radius 2 is 2.05 bits per heavy atom. The molecule has 0 bridgehead atoms. The molecule has 0 aliphatic heterocycles. The van der Waals surface area contributed by atoms with E-state index >= 15 is 0 Å². The van der Waals surface area contributed by atoms with Gasteiger partial charge in [0.1, 0.15) is 5.82 Å². The molecule has 0 spiro atoms. The van der Waals surface area contributed by atoms with E-state index in [4.69, 9.17) is 5.11 Å². The monoisotopic (exact) mass is 266 g/mol. The third-order valence-electron chi connectivity index (χ3n) is 2.08. The van der Waals surface area contributed by atoms with E-state index < -0.39 is 17.9 Å². The number of aromatic nitrogens is 2. The van der Waals surface area contributed by atoms with Crippen LogP contribution in [0.1, 0.15) is 24.4 Å². The second-order valence-corrected chi connectivity index (χ2v) is 3.72. The first-order valence-corrected chi connectivity index (χ1v) is 5.55. The van der Waals surface area contributed by atoms with Crippen molar-refractivity contribution in [1.82, 2.24) is 20.6 Å². The molecule has 0 aliphatic carbocycles. The highest BCUT2D eigenvalue weighted by Gasteiger charge is 2.09. The number of amides is 3. The first-order chi connectivity index (χ1) is 8.97. The van der Waals surface area contributed by atoms with Crippen LogP contribution in [-0.2, 0) is 16.1 Å². The van der Waals surface area contributed by atoms with Crippen LogP contribution in [0, 0.1) is 6.92 Å². The van der Waals surface area contributed by atoms with Crippen molar-refractivity contribution in [2.75, 3.05) is 0 Å². The summed E-state index contributed by atoms with van der Waals surface area (Å²) in [5.41, 5.74) is 0.612. The average molecular weight is 266 g/mol. The number of carbonyl (C=O) groups excluding carboxylic acids is 2. The van der Waals surface area contributed by atoms with Crippen molar-refractivity contribution in [2.45, 2.75) is 26.3 Å². The second-order valence-electron chi connectivity index (χ2n) is 3.72. The minimum atomic E-state index is -1.09. The van der Waals surface area contributed by atoms with Gasteiger partial charge in [0.15, 0.2) is 0 Å². The van der Waals surface area contributed by atoms with Crippen LogP contribution in [0.2, 0.25) is 0 Å². The molecule has 8 nitrogen and oxygen atoms in total. The van der Waals surface area contributed by atoms with E-state index in [9.17, 15) is 14.4 Å². The van der Waals surface area contributed by atoms with Crippen molar-refractivity contribution in [3.8, 4) is 0 Å². The molecule has 0 saturated heterocycles. The molecule has 1 rings (SSSR count). The highest BCUT2D eigenvalue weighted by atomic mass is 16.4. The van der Waals surface area contributed by atoms with E-state index in [1.54, 1.807) is 19.2 Å². The molecular formula is C11H14N4O4. The minimum Gasteiger partial charge on any atom is -0.481 e. The third kappa shape index (κ3) is 6.10. The number of rotatable bonds is 5. The molecule has 0 saturated carbocycles. The van der Waals surface area contributed by atoms with Gasteiger partial charge in [0.2, 0.25) is 5.91 Å². The Bertz CT molecular complexity index is 489. The maximum Gasteiger partial charge on any atom is 0.321 e. The molecule has 0 fully saturated rings. The first kappa shape index (κ1) is 14.6. The van der Waals surface area contributed by atoms with Gasteiger partial charge in [-0.25, -0.2) is 14.8 Å². The highest BCUT2D eigenvalue weighted by molar-refractivity contribution is 5.95. The van der Waals surface area contributed by atoms with Crippen molar-refractivity contribution in [3.63, 3.8) is 0 Å². The number of carbonyl (C=O) groups is 3. The lowest BCUT2D eigenvalue weighted by Crippen LogP contribution is -2.39. The van der Waals surface area contributed by atoms with Gasteiger partial charge in [-0.15, -0.1) is 0 Å². The predicted octanol–water partition coefficient (Wildman–Crippen LogP) is -0.0244. The Morgan fingerprint density at radius 3 is 2.68 bits per heavy atom. The largest absolute Gasteiger partial charge is 0.481 e. The van der Waals surface area contributed by atoms with E-state index in [-0.39, 0.29) is 19.4 Å². The molecule has 3 N–H and O–H groups in total. The lowest BCUT2D eigenvalue weighted by molar-refractivity contribution is -0.138. The van der Waals surface area contributed by atoms with E-state index in [0.717, 1.165) is 0 Å². The number of aliphatic carboxylic acids is 1. The Hall–Kier alpha value is -2.51. The summed E-state index contributed by atoms with van der Waals surface area (Å²) in [5, 5.41) is 12.8. The molecule has 1 aromatic heterocycles. The van der Waals surface area contributed by atoms with Gasteiger partial charge in [-0.2, -0.15) is 0 Å². The summed E-state index contributed by atoms with van der Waals surface area (Å²) in [6.07, 6.45) is 1.01.